The van der Waals surface area contributed by atoms with Gasteiger partial charge in [0.1, 0.15) is 10.1 Å². The molecule has 1 atom stereocenters. The summed E-state index contributed by atoms with van der Waals surface area (Å²) < 4.78 is 5.21. The molecule has 27 heavy (non-hydrogen) atoms. The quantitative estimate of drug-likeness (QED) is 0.520. The molecule has 1 fully saturated rings. The zero-order valence-electron chi connectivity index (χ0n) is 15.4. The highest BCUT2D eigenvalue weighted by Crippen LogP contribution is 2.59. The number of amides is 1. The van der Waals surface area contributed by atoms with E-state index in [1.807, 2.05) is 24.3 Å². The molecule has 1 aliphatic rings. The maximum absolute atomic E-state index is 12.6. The van der Waals surface area contributed by atoms with E-state index < -0.39 is 9.93 Å². The Hall–Kier alpha value is -2.04. The number of halogens is 2. The lowest BCUT2D eigenvalue weighted by molar-refractivity contribution is -0.128. The third-order valence-corrected chi connectivity index (χ3v) is 5.41. The number of nitrogens with one attached hydrogen (secondary N) is 1. The van der Waals surface area contributed by atoms with Crippen LogP contribution < -0.4 is 10.1 Å². The number of alkyl halides is 2. The lowest BCUT2D eigenvalue weighted by atomic mass is 10.1. The number of anilines is 1. The molecule has 0 spiro atoms. The average Bonchev–Trinajstić information content (AvgIpc) is 3.24. The van der Waals surface area contributed by atoms with Crippen molar-refractivity contribution in [2.45, 2.75) is 43.0 Å². The number of carbonyl (C=O) groups excluding carboxylic acids is 2. The van der Waals surface area contributed by atoms with Gasteiger partial charge in [-0.25, -0.2) is 0 Å². The first-order valence-electron chi connectivity index (χ1n) is 8.68. The molecule has 1 aliphatic carbocycles. The monoisotopic (exact) mass is 405 g/mol. The Morgan fingerprint density at radius 2 is 1.63 bits per heavy atom. The summed E-state index contributed by atoms with van der Waals surface area (Å²) in [6, 6.07) is 14.2. The first-order chi connectivity index (χ1) is 12.6. The Bertz CT molecular complexity index is 858. The maximum atomic E-state index is 12.6. The molecule has 0 bridgehead atoms. The summed E-state index contributed by atoms with van der Waals surface area (Å²) in [6.45, 7) is 4.90. The summed E-state index contributed by atoms with van der Waals surface area (Å²) in [4.78, 5) is 23.9. The summed E-state index contributed by atoms with van der Waals surface area (Å²) in [6.07, 6.45) is 0.743. The van der Waals surface area contributed by atoms with E-state index in [4.69, 9.17) is 27.9 Å². The predicted octanol–water partition coefficient (Wildman–Crippen LogP) is 5.35. The van der Waals surface area contributed by atoms with Gasteiger partial charge >= 0.3 is 0 Å². The van der Waals surface area contributed by atoms with Crippen LogP contribution in [0.4, 0.5) is 5.69 Å². The average molecular weight is 406 g/mol. The molecule has 1 amide bonds. The molecule has 0 radical (unpaired) electrons. The SMILES string of the molecule is CC(=O)c1ccc(NC(=O)C(C)(C)Oc2ccc(C3CC3(Cl)Cl)cc2)cc1. The molecular weight excluding hydrogens is 385 g/mol. The summed E-state index contributed by atoms with van der Waals surface area (Å²) in [5.41, 5.74) is 1.17. The van der Waals surface area contributed by atoms with Crippen LogP contribution in [0, 0.1) is 0 Å². The van der Waals surface area contributed by atoms with Crippen molar-refractivity contribution in [1.29, 1.82) is 0 Å². The van der Waals surface area contributed by atoms with Gasteiger partial charge in [0, 0.05) is 17.2 Å². The highest BCUT2D eigenvalue weighted by Gasteiger charge is 2.52. The predicted molar refractivity (Wildman–Crippen MR) is 108 cm³/mol. The molecule has 142 valence electrons. The van der Waals surface area contributed by atoms with E-state index in [1.165, 1.54) is 6.92 Å². The van der Waals surface area contributed by atoms with Crippen LogP contribution in [0.15, 0.2) is 48.5 Å². The lowest BCUT2D eigenvalue weighted by Gasteiger charge is -2.25. The maximum Gasteiger partial charge on any atom is 0.267 e. The van der Waals surface area contributed by atoms with E-state index in [-0.39, 0.29) is 17.6 Å². The minimum atomic E-state index is -1.08. The van der Waals surface area contributed by atoms with Crippen LogP contribution in [0.3, 0.4) is 0 Å². The molecular formula is C21H21Cl2NO3. The van der Waals surface area contributed by atoms with Crippen molar-refractivity contribution >= 4 is 40.6 Å². The van der Waals surface area contributed by atoms with E-state index in [9.17, 15) is 9.59 Å². The van der Waals surface area contributed by atoms with Crippen LogP contribution in [0.5, 0.6) is 5.75 Å². The summed E-state index contributed by atoms with van der Waals surface area (Å²) in [5, 5.41) is 2.81. The Balaban J connectivity index is 1.63. The Labute approximate surface area is 168 Å². The van der Waals surface area contributed by atoms with Gasteiger partial charge in [0.25, 0.3) is 5.91 Å². The van der Waals surface area contributed by atoms with Crippen molar-refractivity contribution in [1.82, 2.24) is 0 Å². The van der Waals surface area contributed by atoms with Gasteiger partial charge in [-0.05, 0) is 69.2 Å². The number of hydrogen-bond donors (Lipinski definition) is 1. The van der Waals surface area contributed by atoms with Crippen LogP contribution in [0.2, 0.25) is 0 Å². The zero-order valence-corrected chi connectivity index (χ0v) is 16.9. The standard InChI is InChI=1S/C21H21Cl2NO3/c1-13(25)14-4-8-16(9-5-14)24-19(26)20(2,3)27-17-10-6-15(7-11-17)18-12-21(18,22)23/h4-11,18H,12H2,1-3H3,(H,24,26). The number of ether oxygens (including phenoxy) is 1. The number of rotatable bonds is 6. The van der Waals surface area contributed by atoms with Crippen LogP contribution in [-0.2, 0) is 4.79 Å². The number of Topliss-reactive ketones (excluding diaryl/α,β-unsaturated/α-hetero) is 1. The summed E-state index contributed by atoms with van der Waals surface area (Å²) in [5.74, 6) is 0.419. The van der Waals surface area contributed by atoms with Crippen LogP contribution in [0.25, 0.3) is 0 Å². The molecule has 0 saturated heterocycles. The third-order valence-electron chi connectivity index (χ3n) is 4.58. The van der Waals surface area contributed by atoms with Crippen molar-refractivity contribution in [2.24, 2.45) is 0 Å². The van der Waals surface area contributed by atoms with E-state index in [1.54, 1.807) is 38.1 Å². The minimum Gasteiger partial charge on any atom is -0.478 e. The molecule has 2 aromatic rings. The van der Waals surface area contributed by atoms with Gasteiger partial charge in [0.2, 0.25) is 0 Å². The van der Waals surface area contributed by atoms with Gasteiger partial charge in [-0.3, -0.25) is 9.59 Å². The number of ketones is 1. The first-order valence-corrected chi connectivity index (χ1v) is 9.43. The van der Waals surface area contributed by atoms with Crippen molar-refractivity contribution in [3.8, 4) is 5.75 Å². The largest absolute Gasteiger partial charge is 0.478 e. The fraction of sp³-hybridized carbons (Fsp3) is 0.333. The van der Waals surface area contributed by atoms with Crippen LogP contribution in [0.1, 0.15) is 49.0 Å². The highest BCUT2D eigenvalue weighted by molar-refractivity contribution is 6.51. The second-order valence-corrected chi connectivity index (χ2v) is 8.83. The van der Waals surface area contributed by atoms with Gasteiger partial charge in [0.05, 0.1) is 0 Å². The molecule has 1 unspecified atom stereocenters. The van der Waals surface area contributed by atoms with Gasteiger partial charge in [-0.15, -0.1) is 23.2 Å². The summed E-state index contributed by atoms with van der Waals surface area (Å²) >= 11 is 12.2. The van der Waals surface area contributed by atoms with E-state index in [0.717, 1.165) is 12.0 Å². The van der Waals surface area contributed by atoms with Crippen molar-refractivity contribution in [2.75, 3.05) is 5.32 Å². The fourth-order valence-electron chi connectivity index (χ4n) is 2.75. The molecule has 2 aromatic carbocycles. The highest BCUT2D eigenvalue weighted by atomic mass is 35.5. The van der Waals surface area contributed by atoms with Crippen molar-refractivity contribution in [3.63, 3.8) is 0 Å². The van der Waals surface area contributed by atoms with E-state index in [0.29, 0.717) is 17.0 Å². The molecule has 1 N–H and O–H groups in total. The van der Waals surface area contributed by atoms with Gasteiger partial charge in [-0.1, -0.05) is 12.1 Å². The molecule has 3 rings (SSSR count). The second kappa shape index (κ2) is 7.17. The summed E-state index contributed by atoms with van der Waals surface area (Å²) in [7, 11) is 0. The molecule has 0 aliphatic heterocycles. The number of benzene rings is 2. The Morgan fingerprint density at radius 1 is 1.07 bits per heavy atom. The first kappa shape index (κ1) is 19.7. The lowest BCUT2D eigenvalue weighted by Crippen LogP contribution is -2.42. The number of carbonyl (C=O) groups is 2. The molecule has 0 heterocycles. The molecule has 4 nitrogen and oxygen atoms in total. The third kappa shape index (κ3) is 4.63. The normalized spacial score (nSPS) is 17.9. The minimum absolute atomic E-state index is 0.0215. The van der Waals surface area contributed by atoms with Crippen molar-refractivity contribution in [3.05, 3.63) is 59.7 Å². The van der Waals surface area contributed by atoms with E-state index in [2.05, 4.69) is 5.32 Å². The molecule has 0 aromatic heterocycles. The van der Waals surface area contributed by atoms with E-state index >= 15 is 0 Å². The van der Waals surface area contributed by atoms with Crippen LogP contribution >= 0.6 is 23.2 Å². The molecule has 6 heteroatoms. The van der Waals surface area contributed by atoms with Gasteiger partial charge in [0.15, 0.2) is 11.4 Å². The molecule has 1 saturated carbocycles. The second-order valence-electron chi connectivity index (χ2n) is 7.29. The topological polar surface area (TPSA) is 55.4 Å². The van der Waals surface area contributed by atoms with Gasteiger partial charge in [-0.2, -0.15) is 0 Å². The Morgan fingerprint density at radius 3 is 2.11 bits per heavy atom. The zero-order chi connectivity index (χ0) is 19.8. The smallest absolute Gasteiger partial charge is 0.267 e. The fourth-order valence-corrected chi connectivity index (χ4v) is 3.31. The van der Waals surface area contributed by atoms with Gasteiger partial charge < -0.3 is 10.1 Å². The Kier molecular flexibility index (Phi) is 5.24. The van der Waals surface area contributed by atoms with Crippen LogP contribution in [-0.4, -0.2) is 21.6 Å². The van der Waals surface area contributed by atoms with Crippen molar-refractivity contribution < 1.29 is 14.3 Å². The number of hydrogen-bond acceptors (Lipinski definition) is 3.